The number of carbonyl (C=O) groups is 1. The normalized spacial score (nSPS) is 18.7. The zero-order chi connectivity index (χ0) is 22.5. The van der Waals surface area contributed by atoms with Gasteiger partial charge in [-0.05, 0) is 68.4 Å². The number of piperidine rings is 2. The zero-order valence-electron chi connectivity index (χ0n) is 18.7. The third-order valence-electron chi connectivity index (χ3n) is 6.79. The summed E-state index contributed by atoms with van der Waals surface area (Å²) in [6.07, 6.45) is 4.93. The summed E-state index contributed by atoms with van der Waals surface area (Å²) in [5.74, 6) is 0.0162. The number of likely N-dealkylation sites (tertiary alicyclic amines) is 2. The molecule has 2 aromatic rings. The van der Waals surface area contributed by atoms with Crippen molar-refractivity contribution in [2.75, 3.05) is 26.2 Å². The summed E-state index contributed by atoms with van der Waals surface area (Å²) in [4.78, 5) is 17.1. The lowest BCUT2D eigenvalue weighted by Gasteiger charge is -2.41. The lowest BCUT2D eigenvalue weighted by Crippen LogP contribution is -2.50. The molecule has 2 heterocycles. The van der Waals surface area contributed by atoms with E-state index >= 15 is 0 Å². The van der Waals surface area contributed by atoms with Crippen LogP contribution in [-0.4, -0.2) is 54.0 Å². The van der Waals surface area contributed by atoms with E-state index in [2.05, 4.69) is 4.90 Å². The minimum atomic E-state index is -0.304. The Bertz CT molecular complexity index is 920. The lowest BCUT2D eigenvalue weighted by atomic mass is 9.98. The number of para-hydroxylation sites is 1. The Morgan fingerprint density at radius 3 is 2.38 bits per heavy atom. The van der Waals surface area contributed by atoms with Gasteiger partial charge in [0, 0.05) is 38.6 Å². The summed E-state index contributed by atoms with van der Waals surface area (Å²) in [6, 6.07) is 12.1. The van der Waals surface area contributed by atoms with E-state index in [1.54, 1.807) is 31.2 Å². The van der Waals surface area contributed by atoms with Crippen molar-refractivity contribution in [3.05, 3.63) is 65.2 Å². The number of aryl methyl sites for hydroxylation is 2. The molecular formula is C26H32F2N2O2. The first-order chi connectivity index (χ1) is 15.5. The number of halogens is 2. The SMILES string of the molecule is Cc1cc(CCC(=O)N2CCC(N3CCC(Oc4ccccc4F)CC3)CC2)ccc1F. The van der Waals surface area contributed by atoms with Crippen LogP contribution in [-0.2, 0) is 11.2 Å². The van der Waals surface area contributed by atoms with Crippen molar-refractivity contribution in [3.8, 4) is 5.75 Å². The summed E-state index contributed by atoms with van der Waals surface area (Å²) in [5, 5.41) is 0. The summed E-state index contributed by atoms with van der Waals surface area (Å²) >= 11 is 0. The maximum absolute atomic E-state index is 13.8. The molecule has 0 aliphatic carbocycles. The van der Waals surface area contributed by atoms with Crippen LogP contribution in [0, 0.1) is 18.6 Å². The van der Waals surface area contributed by atoms with Crippen LogP contribution in [0.3, 0.4) is 0 Å². The molecule has 0 atom stereocenters. The average molecular weight is 443 g/mol. The molecule has 6 heteroatoms. The first kappa shape index (κ1) is 22.7. The molecule has 0 radical (unpaired) electrons. The molecule has 4 rings (SSSR count). The van der Waals surface area contributed by atoms with Gasteiger partial charge in [-0.1, -0.05) is 24.3 Å². The molecule has 1 amide bonds. The second-order valence-corrected chi connectivity index (χ2v) is 8.98. The molecule has 172 valence electrons. The van der Waals surface area contributed by atoms with Gasteiger partial charge in [0.05, 0.1) is 0 Å². The average Bonchev–Trinajstić information content (AvgIpc) is 2.82. The first-order valence-corrected chi connectivity index (χ1v) is 11.7. The van der Waals surface area contributed by atoms with Crippen molar-refractivity contribution in [1.29, 1.82) is 0 Å². The smallest absolute Gasteiger partial charge is 0.222 e. The van der Waals surface area contributed by atoms with Gasteiger partial charge in [-0.15, -0.1) is 0 Å². The maximum atomic E-state index is 13.8. The maximum Gasteiger partial charge on any atom is 0.222 e. The second kappa shape index (κ2) is 10.4. The van der Waals surface area contributed by atoms with Gasteiger partial charge in [0.2, 0.25) is 5.91 Å². The molecule has 0 N–H and O–H groups in total. The van der Waals surface area contributed by atoms with Gasteiger partial charge in [-0.3, -0.25) is 9.69 Å². The standard InChI is InChI=1S/C26H32F2N2O2/c1-19-18-20(6-8-23(19)27)7-9-26(31)30-14-10-21(11-15-30)29-16-12-22(13-17-29)32-25-5-3-2-4-24(25)28/h2-6,8,18,21-22H,7,9-17H2,1H3. The Labute approximate surface area is 189 Å². The molecule has 2 aliphatic heterocycles. The van der Waals surface area contributed by atoms with Crippen LogP contribution in [0.2, 0.25) is 0 Å². The second-order valence-electron chi connectivity index (χ2n) is 8.98. The third kappa shape index (κ3) is 5.66. The molecule has 2 aromatic carbocycles. The van der Waals surface area contributed by atoms with Gasteiger partial charge in [0.1, 0.15) is 11.9 Å². The van der Waals surface area contributed by atoms with Crippen molar-refractivity contribution >= 4 is 5.91 Å². The predicted molar refractivity (Wildman–Crippen MR) is 121 cm³/mol. The van der Waals surface area contributed by atoms with Crippen molar-refractivity contribution < 1.29 is 18.3 Å². The van der Waals surface area contributed by atoms with Crippen LogP contribution in [0.25, 0.3) is 0 Å². The highest BCUT2D eigenvalue weighted by molar-refractivity contribution is 5.76. The summed E-state index contributed by atoms with van der Waals surface area (Å²) in [7, 11) is 0. The van der Waals surface area contributed by atoms with E-state index in [9.17, 15) is 13.6 Å². The van der Waals surface area contributed by atoms with Gasteiger partial charge < -0.3 is 9.64 Å². The van der Waals surface area contributed by atoms with Gasteiger partial charge in [-0.25, -0.2) is 8.78 Å². The number of carbonyl (C=O) groups excluding carboxylic acids is 1. The number of amides is 1. The molecule has 0 unspecified atom stereocenters. The fourth-order valence-corrected chi connectivity index (χ4v) is 4.83. The monoisotopic (exact) mass is 442 g/mol. The predicted octanol–water partition coefficient (Wildman–Crippen LogP) is 4.74. The zero-order valence-corrected chi connectivity index (χ0v) is 18.7. The van der Waals surface area contributed by atoms with Crippen molar-refractivity contribution in [1.82, 2.24) is 9.80 Å². The lowest BCUT2D eigenvalue weighted by molar-refractivity contribution is -0.132. The highest BCUT2D eigenvalue weighted by Crippen LogP contribution is 2.25. The van der Waals surface area contributed by atoms with Gasteiger partial charge in [-0.2, -0.15) is 0 Å². The van der Waals surface area contributed by atoms with Crippen molar-refractivity contribution in [3.63, 3.8) is 0 Å². The van der Waals surface area contributed by atoms with Gasteiger partial charge >= 0.3 is 0 Å². The van der Waals surface area contributed by atoms with E-state index in [1.165, 1.54) is 12.1 Å². The highest BCUT2D eigenvalue weighted by atomic mass is 19.1. The van der Waals surface area contributed by atoms with Crippen LogP contribution in [0.4, 0.5) is 8.78 Å². The van der Waals surface area contributed by atoms with Gasteiger partial charge in [0.25, 0.3) is 0 Å². The molecule has 0 bridgehead atoms. The first-order valence-electron chi connectivity index (χ1n) is 11.7. The number of rotatable bonds is 6. The van der Waals surface area contributed by atoms with Crippen LogP contribution in [0.5, 0.6) is 5.75 Å². The number of ether oxygens (including phenoxy) is 1. The molecule has 0 aromatic heterocycles. The Hall–Kier alpha value is -2.47. The Morgan fingerprint density at radius 1 is 0.969 bits per heavy atom. The fourth-order valence-electron chi connectivity index (χ4n) is 4.83. The minimum absolute atomic E-state index is 0.0555. The number of benzene rings is 2. The fraction of sp³-hybridized carbons (Fsp3) is 0.500. The summed E-state index contributed by atoms with van der Waals surface area (Å²) in [5.41, 5.74) is 1.63. The quantitative estimate of drug-likeness (QED) is 0.648. The van der Waals surface area contributed by atoms with E-state index in [-0.39, 0.29) is 23.6 Å². The van der Waals surface area contributed by atoms with Crippen LogP contribution in [0.1, 0.15) is 43.2 Å². The van der Waals surface area contributed by atoms with E-state index in [1.807, 2.05) is 11.0 Å². The molecule has 32 heavy (non-hydrogen) atoms. The molecule has 0 saturated carbocycles. The largest absolute Gasteiger partial charge is 0.487 e. The van der Waals surface area contributed by atoms with Crippen molar-refractivity contribution in [2.24, 2.45) is 0 Å². The van der Waals surface area contributed by atoms with E-state index in [0.717, 1.165) is 57.4 Å². The molecule has 2 aliphatic rings. The van der Waals surface area contributed by atoms with Crippen LogP contribution in [0.15, 0.2) is 42.5 Å². The Balaban J connectivity index is 1.18. The van der Waals surface area contributed by atoms with E-state index in [4.69, 9.17) is 4.74 Å². The molecule has 2 saturated heterocycles. The number of hydrogen-bond donors (Lipinski definition) is 0. The minimum Gasteiger partial charge on any atom is -0.487 e. The van der Waals surface area contributed by atoms with E-state index in [0.29, 0.717) is 30.2 Å². The van der Waals surface area contributed by atoms with Crippen LogP contribution >= 0.6 is 0 Å². The Morgan fingerprint density at radius 2 is 1.69 bits per heavy atom. The molecule has 2 fully saturated rings. The summed E-state index contributed by atoms with van der Waals surface area (Å²) in [6.45, 7) is 5.22. The topological polar surface area (TPSA) is 32.8 Å². The van der Waals surface area contributed by atoms with Gasteiger partial charge in [0.15, 0.2) is 11.6 Å². The summed E-state index contributed by atoms with van der Waals surface area (Å²) < 4.78 is 33.1. The molecular weight excluding hydrogens is 410 g/mol. The third-order valence-corrected chi connectivity index (χ3v) is 6.79. The van der Waals surface area contributed by atoms with Crippen molar-refractivity contribution in [2.45, 2.75) is 57.6 Å². The molecule has 0 spiro atoms. The highest BCUT2D eigenvalue weighted by Gasteiger charge is 2.30. The molecule has 4 nitrogen and oxygen atoms in total. The number of hydrogen-bond acceptors (Lipinski definition) is 3. The van der Waals surface area contributed by atoms with Crippen LogP contribution < -0.4 is 4.74 Å². The Kier molecular flexibility index (Phi) is 7.40. The number of nitrogens with zero attached hydrogens (tertiary/aromatic N) is 2. The van der Waals surface area contributed by atoms with E-state index < -0.39 is 0 Å².